The van der Waals surface area contributed by atoms with E-state index in [1.807, 2.05) is 11.8 Å². The van der Waals surface area contributed by atoms with Crippen molar-refractivity contribution in [2.24, 2.45) is 0 Å². The van der Waals surface area contributed by atoms with Gasteiger partial charge in [0.25, 0.3) is 0 Å². The molecule has 0 bridgehead atoms. The quantitative estimate of drug-likeness (QED) is 0.572. The summed E-state index contributed by atoms with van der Waals surface area (Å²) in [5.41, 5.74) is 0. The molecule has 0 nitrogen and oxygen atoms in total. The molecule has 0 fully saturated rings. The molecule has 0 aromatic rings. The largest absolute Gasteiger partial charge is 0.120 e. The van der Waals surface area contributed by atoms with Gasteiger partial charge >= 0.3 is 0 Å². The van der Waals surface area contributed by atoms with Crippen LogP contribution in [-0.4, -0.2) is 5.75 Å². The summed E-state index contributed by atoms with van der Waals surface area (Å²) in [6.45, 7) is 0. The molecule has 0 saturated heterocycles. The normalized spacial score (nSPS) is 21.6. The summed E-state index contributed by atoms with van der Waals surface area (Å²) in [7, 11) is 0. The van der Waals surface area contributed by atoms with Crippen LogP contribution in [-0.2, 0) is 0 Å². The van der Waals surface area contributed by atoms with Crippen molar-refractivity contribution < 1.29 is 0 Å². The second-order valence-corrected chi connectivity index (χ2v) is 4.53. The average molecular weight is 226 g/mol. The van der Waals surface area contributed by atoms with E-state index in [1.54, 1.807) is 0 Å². The highest BCUT2D eigenvalue weighted by atomic mass is 127. The fraction of sp³-hybridized carbons (Fsp3) is 0.600. The van der Waals surface area contributed by atoms with Crippen molar-refractivity contribution in [3.63, 3.8) is 0 Å². The summed E-state index contributed by atoms with van der Waals surface area (Å²) < 4.78 is 1.48. The number of hydrogen-bond donors (Lipinski definition) is 0. The lowest BCUT2D eigenvalue weighted by atomic mass is 10.3. The highest BCUT2D eigenvalue weighted by molar-refractivity contribution is 14.1. The van der Waals surface area contributed by atoms with Gasteiger partial charge in [0, 0.05) is 2.91 Å². The van der Waals surface area contributed by atoms with Crippen LogP contribution in [0, 0.1) is 0 Å². The molecule has 0 unspecified atom stereocenters. The van der Waals surface area contributed by atoms with Gasteiger partial charge in [0.1, 0.15) is 0 Å². The van der Waals surface area contributed by atoms with Crippen LogP contribution in [0.1, 0.15) is 12.8 Å². The van der Waals surface area contributed by atoms with Gasteiger partial charge in [-0.15, -0.1) is 11.8 Å². The van der Waals surface area contributed by atoms with E-state index in [4.69, 9.17) is 0 Å². The Labute approximate surface area is 61.9 Å². The Hall–Kier alpha value is 0.820. The Morgan fingerprint density at radius 1 is 1.71 bits per heavy atom. The Balaban J connectivity index is 2.40. The van der Waals surface area contributed by atoms with E-state index in [9.17, 15) is 0 Å². The van der Waals surface area contributed by atoms with E-state index in [2.05, 4.69) is 28.7 Å². The Bertz CT molecular complexity index is 88.1. The molecule has 1 rings (SSSR count). The van der Waals surface area contributed by atoms with Crippen molar-refractivity contribution >= 4 is 34.4 Å². The summed E-state index contributed by atoms with van der Waals surface area (Å²) >= 11 is 4.35. The van der Waals surface area contributed by atoms with Crippen molar-refractivity contribution in [1.82, 2.24) is 0 Å². The summed E-state index contributed by atoms with van der Waals surface area (Å²) in [6, 6.07) is 0. The van der Waals surface area contributed by atoms with Gasteiger partial charge in [-0.3, -0.25) is 0 Å². The third-order valence-electron chi connectivity index (χ3n) is 0.893. The maximum atomic E-state index is 2.38. The monoisotopic (exact) mass is 226 g/mol. The third-order valence-corrected chi connectivity index (χ3v) is 3.20. The summed E-state index contributed by atoms with van der Waals surface area (Å²) in [4.78, 5) is 0. The van der Waals surface area contributed by atoms with Crippen molar-refractivity contribution in [2.75, 3.05) is 5.75 Å². The summed E-state index contributed by atoms with van der Waals surface area (Å²) in [5.74, 6) is 1.33. The van der Waals surface area contributed by atoms with Gasteiger partial charge in [0.05, 0.1) is 0 Å². The van der Waals surface area contributed by atoms with E-state index in [-0.39, 0.29) is 0 Å². The lowest BCUT2D eigenvalue weighted by molar-refractivity contribution is 0.965. The molecule has 0 radical (unpaired) electrons. The van der Waals surface area contributed by atoms with Crippen LogP contribution in [0.25, 0.3) is 0 Å². The van der Waals surface area contributed by atoms with Crippen LogP contribution in [0.2, 0.25) is 0 Å². The number of hydrogen-bond acceptors (Lipinski definition) is 1. The predicted octanol–water partition coefficient (Wildman–Crippen LogP) is 2.79. The zero-order valence-electron chi connectivity index (χ0n) is 3.98. The molecule has 40 valence electrons. The molecule has 0 N–H and O–H groups in total. The fourth-order valence-corrected chi connectivity index (χ4v) is 2.24. The Morgan fingerprint density at radius 3 is 2.86 bits per heavy atom. The van der Waals surface area contributed by atoms with Crippen molar-refractivity contribution in [2.45, 2.75) is 12.8 Å². The maximum Gasteiger partial charge on any atom is 0.0417 e. The lowest BCUT2D eigenvalue weighted by Gasteiger charge is -2.03. The van der Waals surface area contributed by atoms with E-state index < -0.39 is 0 Å². The summed E-state index contributed by atoms with van der Waals surface area (Å²) in [5, 5.41) is 0. The van der Waals surface area contributed by atoms with Crippen molar-refractivity contribution in [3.8, 4) is 0 Å². The first kappa shape index (κ1) is 5.95. The molecule has 1 heterocycles. The number of rotatable bonds is 0. The molecule has 0 amide bonds. The molecule has 0 saturated carbocycles. The standard InChI is InChI=1S/C5H7IS/c6-5-3-1-2-4-7-5/h3H,1-2,4H2. The molecule has 7 heavy (non-hydrogen) atoms. The van der Waals surface area contributed by atoms with E-state index in [0.29, 0.717) is 0 Å². The lowest BCUT2D eigenvalue weighted by Crippen LogP contribution is -1.82. The predicted molar refractivity (Wildman–Crippen MR) is 43.8 cm³/mol. The van der Waals surface area contributed by atoms with Crippen LogP contribution in [0.5, 0.6) is 0 Å². The molecule has 0 aromatic heterocycles. The highest BCUT2D eigenvalue weighted by Crippen LogP contribution is 2.28. The average Bonchev–Trinajstić information content (AvgIpc) is 1.69. The van der Waals surface area contributed by atoms with Gasteiger partial charge in [-0.2, -0.15) is 0 Å². The minimum absolute atomic E-state index is 1.30. The Kier molecular flexibility index (Phi) is 2.52. The zero-order valence-corrected chi connectivity index (χ0v) is 6.96. The van der Waals surface area contributed by atoms with Crippen LogP contribution < -0.4 is 0 Å². The number of halogens is 1. The second-order valence-electron chi connectivity index (χ2n) is 1.50. The minimum Gasteiger partial charge on any atom is -0.120 e. The topological polar surface area (TPSA) is 0 Å². The maximum absolute atomic E-state index is 2.38. The van der Waals surface area contributed by atoms with Gasteiger partial charge in [-0.1, -0.05) is 6.08 Å². The zero-order chi connectivity index (χ0) is 5.11. The highest BCUT2D eigenvalue weighted by Gasteiger charge is 1.97. The molecule has 0 spiro atoms. The first-order chi connectivity index (χ1) is 3.39. The van der Waals surface area contributed by atoms with E-state index in [1.165, 1.54) is 21.5 Å². The molecule has 1 aliphatic rings. The van der Waals surface area contributed by atoms with E-state index >= 15 is 0 Å². The van der Waals surface area contributed by atoms with Gasteiger partial charge < -0.3 is 0 Å². The smallest absolute Gasteiger partial charge is 0.0417 e. The number of thioether (sulfide) groups is 1. The molecule has 1 aliphatic heterocycles. The molecular formula is C5H7IS. The van der Waals surface area contributed by atoms with Crippen LogP contribution in [0.4, 0.5) is 0 Å². The second kappa shape index (κ2) is 2.97. The van der Waals surface area contributed by atoms with Crippen LogP contribution in [0.15, 0.2) is 8.99 Å². The first-order valence-electron chi connectivity index (χ1n) is 2.38. The van der Waals surface area contributed by atoms with Crippen molar-refractivity contribution in [3.05, 3.63) is 8.99 Å². The molecule has 2 heteroatoms. The van der Waals surface area contributed by atoms with Crippen LogP contribution >= 0.6 is 34.4 Å². The third kappa shape index (κ3) is 2.04. The molecule has 0 atom stereocenters. The van der Waals surface area contributed by atoms with Gasteiger partial charge in [-0.25, -0.2) is 0 Å². The summed E-state index contributed by atoms with van der Waals surface area (Å²) in [6.07, 6.45) is 4.97. The Morgan fingerprint density at radius 2 is 2.57 bits per heavy atom. The molecular weight excluding hydrogens is 219 g/mol. The van der Waals surface area contributed by atoms with E-state index in [0.717, 1.165) is 0 Å². The SMILES string of the molecule is IC1=CCCCS1. The van der Waals surface area contributed by atoms with Gasteiger partial charge in [0.15, 0.2) is 0 Å². The first-order valence-corrected chi connectivity index (χ1v) is 4.44. The van der Waals surface area contributed by atoms with Crippen LogP contribution in [0.3, 0.4) is 0 Å². The number of allylic oxidation sites excluding steroid dienone is 1. The fourth-order valence-electron chi connectivity index (χ4n) is 0.527. The minimum atomic E-state index is 1.30. The van der Waals surface area contributed by atoms with Gasteiger partial charge in [0.2, 0.25) is 0 Å². The van der Waals surface area contributed by atoms with Crippen molar-refractivity contribution in [1.29, 1.82) is 0 Å². The van der Waals surface area contributed by atoms with Gasteiger partial charge in [-0.05, 0) is 41.2 Å². The molecule has 0 aliphatic carbocycles. The molecule has 0 aromatic carbocycles.